The number of rotatable bonds is 10. The second kappa shape index (κ2) is 14.0. The molecule has 1 atom stereocenters. The van der Waals surface area contributed by atoms with Gasteiger partial charge in [0.05, 0.1) is 13.5 Å². The fraction of sp³-hybridized carbons (Fsp3) is 0.429. The third-order valence-electron chi connectivity index (χ3n) is 6.33. The van der Waals surface area contributed by atoms with E-state index < -0.39 is 41.9 Å². The number of esters is 2. The van der Waals surface area contributed by atoms with Crippen LogP contribution in [0.1, 0.15) is 56.1 Å². The molecule has 2 amide bonds. The molecule has 198 valence electrons. The van der Waals surface area contributed by atoms with Gasteiger partial charge < -0.3 is 24.8 Å². The number of amides is 2. The molecular formula is C28H34N2O7. The molecule has 0 spiro atoms. The summed E-state index contributed by atoms with van der Waals surface area (Å²) in [6.07, 6.45) is 2.88. The molecule has 3 rings (SSSR count). The highest BCUT2D eigenvalue weighted by Crippen LogP contribution is 2.28. The Kier molecular flexibility index (Phi) is 10.5. The van der Waals surface area contributed by atoms with E-state index in [1.807, 2.05) is 48.5 Å². The Bertz CT molecular complexity index is 978. The van der Waals surface area contributed by atoms with Crippen LogP contribution in [0, 0.1) is 0 Å². The number of hydrogen-bond acceptors (Lipinski definition) is 7. The molecular weight excluding hydrogens is 476 g/mol. The molecule has 9 heteroatoms. The first kappa shape index (κ1) is 27.7. The summed E-state index contributed by atoms with van der Waals surface area (Å²) in [6.45, 7) is 0.0180. The van der Waals surface area contributed by atoms with Crippen LogP contribution in [0.25, 0.3) is 0 Å². The van der Waals surface area contributed by atoms with E-state index in [1.54, 1.807) is 12.1 Å². The molecule has 2 aromatic carbocycles. The number of carbonyl (C=O) groups excluding carboxylic acids is 4. The van der Waals surface area contributed by atoms with E-state index in [2.05, 4.69) is 10.6 Å². The first-order chi connectivity index (χ1) is 17.9. The van der Waals surface area contributed by atoms with Crippen molar-refractivity contribution < 1.29 is 33.4 Å². The molecule has 0 heterocycles. The largest absolute Gasteiger partial charge is 0.467 e. The summed E-state index contributed by atoms with van der Waals surface area (Å²) in [7, 11) is 1.28. The molecule has 1 saturated carbocycles. The summed E-state index contributed by atoms with van der Waals surface area (Å²) in [6, 6.07) is 16.9. The highest BCUT2D eigenvalue weighted by atomic mass is 16.6. The molecule has 0 aromatic heterocycles. The minimum Gasteiger partial charge on any atom is -0.467 e. The second-order valence-electron chi connectivity index (χ2n) is 9.09. The molecule has 0 aliphatic heterocycles. The van der Waals surface area contributed by atoms with E-state index in [0.29, 0.717) is 12.8 Å². The highest BCUT2D eigenvalue weighted by Gasteiger charge is 2.43. The second-order valence-corrected chi connectivity index (χ2v) is 9.09. The Morgan fingerprint density at radius 1 is 0.811 bits per heavy atom. The van der Waals surface area contributed by atoms with E-state index >= 15 is 0 Å². The van der Waals surface area contributed by atoms with Gasteiger partial charge in [-0.3, -0.25) is 9.59 Å². The average molecular weight is 511 g/mol. The number of methoxy groups -OCH3 is 1. The van der Waals surface area contributed by atoms with Crippen molar-refractivity contribution in [2.45, 2.75) is 69.7 Å². The molecule has 2 aromatic rings. The fourth-order valence-corrected chi connectivity index (χ4v) is 4.31. The lowest BCUT2D eigenvalue weighted by Crippen LogP contribution is -2.60. The van der Waals surface area contributed by atoms with Crippen LogP contribution in [0.3, 0.4) is 0 Å². The van der Waals surface area contributed by atoms with Gasteiger partial charge in [0.15, 0.2) is 0 Å². The van der Waals surface area contributed by atoms with E-state index in [9.17, 15) is 19.2 Å². The smallest absolute Gasteiger partial charge is 0.408 e. The van der Waals surface area contributed by atoms with Crippen molar-refractivity contribution in [2.75, 3.05) is 7.11 Å². The van der Waals surface area contributed by atoms with Crippen LogP contribution in [-0.4, -0.2) is 42.6 Å². The Hall–Kier alpha value is -3.88. The molecule has 0 saturated heterocycles. The molecule has 1 aliphatic rings. The molecule has 0 unspecified atom stereocenters. The summed E-state index contributed by atoms with van der Waals surface area (Å²) < 4.78 is 15.6. The standard InChI is InChI=1S/C28H34N2O7/c1-35-26(33)28(16-10-2-3-11-17-28)30-25(32)23(18-24(31)36-19-21-12-6-4-7-13-21)29-27(34)37-20-22-14-8-5-9-15-22/h4-9,12-15,23H,2-3,10-11,16-20H2,1H3,(H,29,34)(H,30,32)/t23-/m0/s1. The predicted molar refractivity (Wildman–Crippen MR) is 135 cm³/mol. The summed E-state index contributed by atoms with van der Waals surface area (Å²) >= 11 is 0. The van der Waals surface area contributed by atoms with Gasteiger partial charge in [0.2, 0.25) is 5.91 Å². The number of nitrogens with one attached hydrogen (secondary N) is 2. The van der Waals surface area contributed by atoms with Gasteiger partial charge in [-0.25, -0.2) is 9.59 Å². The van der Waals surface area contributed by atoms with Crippen LogP contribution < -0.4 is 10.6 Å². The van der Waals surface area contributed by atoms with Crippen LogP contribution in [0.5, 0.6) is 0 Å². The fourth-order valence-electron chi connectivity index (χ4n) is 4.31. The minimum atomic E-state index is -1.31. The number of alkyl carbamates (subject to hydrolysis) is 1. The summed E-state index contributed by atoms with van der Waals surface area (Å²) in [5.74, 6) is -1.90. The summed E-state index contributed by atoms with van der Waals surface area (Å²) in [4.78, 5) is 51.3. The van der Waals surface area contributed by atoms with Crippen LogP contribution >= 0.6 is 0 Å². The molecule has 0 radical (unpaired) electrons. The molecule has 0 bridgehead atoms. The van der Waals surface area contributed by atoms with Gasteiger partial charge in [-0.1, -0.05) is 86.3 Å². The summed E-state index contributed by atoms with van der Waals surface area (Å²) in [5.41, 5.74) is 0.337. The Balaban J connectivity index is 1.69. The van der Waals surface area contributed by atoms with Crippen molar-refractivity contribution in [3.05, 3.63) is 71.8 Å². The molecule has 1 fully saturated rings. The zero-order chi connectivity index (χ0) is 26.5. The Morgan fingerprint density at radius 3 is 1.89 bits per heavy atom. The van der Waals surface area contributed by atoms with Crippen molar-refractivity contribution in [2.24, 2.45) is 0 Å². The van der Waals surface area contributed by atoms with Crippen molar-refractivity contribution in [1.82, 2.24) is 10.6 Å². The lowest BCUT2D eigenvalue weighted by atomic mass is 9.89. The van der Waals surface area contributed by atoms with Crippen molar-refractivity contribution >= 4 is 23.9 Å². The monoisotopic (exact) mass is 510 g/mol. The first-order valence-corrected chi connectivity index (χ1v) is 12.5. The number of ether oxygens (including phenoxy) is 3. The topological polar surface area (TPSA) is 120 Å². The van der Waals surface area contributed by atoms with Gasteiger partial charge in [0.1, 0.15) is 24.8 Å². The molecule has 37 heavy (non-hydrogen) atoms. The normalized spacial score (nSPS) is 15.4. The maximum Gasteiger partial charge on any atom is 0.408 e. The van der Waals surface area contributed by atoms with E-state index in [-0.39, 0.29) is 13.2 Å². The quantitative estimate of drug-likeness (QED) is 0.283. The maximum absolute atomic E-state index is 13.4. The van der Waals surface area contributed by atoms with Crippen LogP contribution in [0.2, 0.25) is 0 Å². The third-order valence-corrected chi connectivity index (χ3v) is 6.33. The highest BCUT2D eigenvalue weighted by molar-refractivity contribution is 5.94. The van der Waals surface area contributed by atoms with Crippen molar-refractivity contribution in [1.29, 1.82) is 0 Å². The predicted octanol–water partition coefficient (Wildman–Crippen LogP) is 3.80. The van der Waals surface area contributed by atoms with Gasteiger partial charge in [0.25, 0.3) is 0 Å². The molecule has 1 aliphatic carbocycles. The zero-order valence-corrected chi connectivity index (χ0v) is 21.1. The van der Waals surface area contributed by atoms with Gasteiger partial charge in [0, 0.05) is 0 Å². The Morgan fingerprint density at radius 2 is 1.35 bits per heavy atom. The van der Waals surface area contributed by atoms with Gasteiger partial charge in [-0.2, -0.15) is 0 Å². The maximum atomic E-state index is 13.4. The van der Waals surface area contributed by atoms with Crippen molar-refractivity contribution in [3.63, 3.8) is 0 Å². The first-order valence-electron chi connectivity index (χ1n) is 12.5. The summed E-state index contributed by atoms with van der Waals surface area (Å²) in [5, 5.41) is 5.26. The average Bonchev–Trinajstić information content (AvgIpc) is 3.17. The Labute approximate surface area is 216 Å². The third kappa shape index (κ3) is 8.63. The molecule has 2 N–H and O–H groups in total. The van der Waals surface area contributed by atoms with Crippen molar-refractivity contribution in [3.8, 4) is 0 Å². The SMILES string of the molecule is COC(=O)C1(NC(=O)[C@H](CC(=O)OCc2ccccc2)NC(=O)OCc2ccccc2)CCCCCC1. The van der Waals surface area contributed by atoms with Crippen LogP contribution in [-0.2, 0) is 41.8 Å². The number of carbonyl (C=O) groups is 4. The molecule has 9 nitrogen and oxygen atoms in total. The number of benzene rings is 2. The van der Waals surface area contributed by atoms with Crippen LogP contribution in [0.4, 0.5) is 4.79 Å². The van der Waals surface area contributed by atoms with Crippen LogP contribution in [0.15, 0.2) is 60.7 Å². The van der Waals surface area contributed by atoms with Gasteiger partial charge >= 0.3 is 18.0 Å². The van der Waals surface area contributed by atoms with Gasteiger partial charge in [-0.05, 0) is 24.0 Å². The van der Waals surface area contributed by atoms with E-state index in [4.69, 9.17) is 14.2 Å². The zero-order valence-electron chi connectivity index (χ0n) is 21.1. The lowest BCUT2D eigenvalue weighted by molar-refractivity contribution is -0.152. The van der Waals surface area contributed by atoms with E-state index in [1.165, 1.54) is 7.11 Å². The number of hydrogen-bond donors (Lipinski definition) is 2. The van der Waals surface area contributed by atoms with Gasteiger partial charge in [-0.15, -0.1) is 0 Å². The van der Waals surface area contributed by atoms with E-state index in [0.717, 1.165) is 36.8 Å². The minimum absolute atomic E-state index is 0.00837. The lowest BCUT2D eigenvalue weighted by Gasteiger charge is -2.32.